The number of nitrogens with zero attached hydrogens (tertiary/aromatic N) is 1. The summed E-state index contributed by atoms with van der Waals surface area (Å²) < 4.78 is 13.8. The molecule has 2 unspecified atom stereocenters. The molecule has 21 heavy (non-hydrogen) atoms. The average Bonchev–Trinajstić information content (AvgIpc) is 2.40. The van der Waals surface area contributed by atoms with Crippen LogP contribution in [0.3, 0.4) is 0 Å². The van der Waals surface area contributed by atoms with Gasteiger partial charge in [-0.15, -0.1) is 0 Å². The van der Waals surface area contributed by atoms with Crippen LogP contribution in [0.2, 0.25) is 0 Å². The summed E-state index contributed by atoms with van der Waals surface area (Å²) in [6.45, 7) is 2.90. The van der Waals surface area contributed by atoms with Crippen molar-refractivity contribution < 1.29 is 19.1 Å². The van der Waals surface area contributed by atoms with Crippen molar-refractivity contribution >= 4 is 27.8 Å². The highest BCUT2D eigenvalue weighted by Crippen LogP contribution is 2.30. The van der Waals surface area contributed by atoms with E-state index in [1.165, 1.54) is 12.1 Å². The van der Waals surface area contributed by atoms with Crippen LogP contribution in [0.1, 0.15) is 24.9 Å². The van der Waals surface area contributed by atoms with Crippen LogP contribution in [-0.2, 0) is 9.59 Å². The van der Waals surface area contributed by atoms with Crippen LogP contribution < -0.4 is 5.32 Å². The van der Waals surface area contributed by atoms with Crippen LogP contribution in [-0.4, -0.2) is 41.0 Å². The second-order valence-corrected chi connectivity index (χ2v) is 5.84. The van der Waals surface area contributed by atoms with E-state index in [0.29, 0.717) is 17.6 Å². The molecule has 1 aromatic carbocycles. The molecule has 0 bridgehead atoms. The van der Waals surface area contributed by atoms with E-state index in [9.17, 15) is 14.0 Å². The van der Waals surface area contributed by atoms with Crippen molar-refractivity contribution in [3.8, 4) is 0 Å². The zero-order valence-electron chi connectivity index (χ0n) is 11.5. The normalized spacial score (nSPS) is 20.9. The topological polar surface area (TPSA) is 69.6 Å². The molecule has 1 fully saturated rings. The lowest BCUT2D eigenvalue weighted by atomic mass is 10.0. The number of carboxylic acids is 1. The molecule has 2 N–H and O–H groups in total. The number of amides is 1. The molecule has 1 saturated heterocycles. The molecule has 114 valence electrons. The molecule has 1 aromatic rings. The number of piperazine rings is 1. The minimum absolute atomic E-state index is 0.199. The second-order valence-electron chi connectivity index (χ2n) is 4.98. The number of benzene rings is 1. The molecule has 1 aliphatic heterocycles. The Balaban J connectivity index is 2.27. The van der Waals surface area contributed by atoms with Gasteiger partial charge in [0, 0.05) is 23.6 Å². The number of hydrogen-bond donors (Lipinski definition) is 2. The van der Waals surface area contributed by atoms with Crippen LogP contribution in [0, 0.1) is 5.82 Å². The zero-order valence-corrected chi connectivity index (χ0v) is 13.1. The lowest BCUT2D eigenvalue weighted by molar-refractivity contribution is -0.143. The van der Waals surface area contributed by atoms with Crippen LogP contribution in [0.5, 0.6) is 0 Å². The number of hydrogen-bond acceptors (Lipinski definition) is 3. The maximum atomic E-state index is 13.2. The predicted molar refractivity (Wildman–Crippen MR) is 78.3 cm³/mol. The number of carbonyl (C=O) groups is 2. The van der Waals surface area contributed by atoms with Crippen LogP contribution in [0.4, 0.5) is 4.39 Å². The van der Waals surface area contributed by atoms with Crippen molar-refractivity contribution in [2.75, 3.05) is 13.1 Å². The Hall–Kier alpha value is -1.47. The Morgan fingerprint density at radius 1 is 1.62 bits per heavy atom. The molecule has 2 atom stereocenters. The second kappa shape index (κ2) is 6.53. The van der Waals surface area contributed by atoms with Crippen molar-refractivity contribution in [3.63, 3.8) is 0 Å². The summed E-state index contributed by atoms with van der Waals surface area (Å²) in [4.78, 5) is 24.7. The highest BCUT2D eigenvalue weighted by molar-refractivity contribution is 9.10. The highest BCUT2D eigenvalue weighted by Gasteiger charge is 2.35. The van der Waals surface area contributed by atoms with E-state index in [1.807, 2.05) is 11.8 Å². The Morgan fingerprint density at radius 2 is 2.33 bits per heavy atom. The van der Waals surface area contributed by atoms with E-state index < -0.39 is 12.0 Å². The number of nitrogens with one attached hydrogen (secondary N) is 1. The minimum Gasteiger partial charge on any atom is -0.481 e. The quantitative estimate of drug-likeness (QED) is 0.862. The van der Waals surface area contributed by atoms with Gasteiger partial charge in [0.05, 0.1) is 6.42 Å². The Kier molecular flexibility index (Phi) is 4.95. The summed E-state index contributed by atoms with van der Waals surface area (Å²) in [6, 6.07) is 3.45. The van der Waals surface area contributed by atoms with Gasteiger partial charge in [-0.3, -0.25) is 14.5 Å². The fraction of sp³-hybridized carbons (Fsp3) is 0.429. The number of carboxylic acid groups (broad SMARTS) is 1. The summed E-state index contributed by atoms with van der Waals surface area (Å²) in [7, 11) is 0. The number of carbonyl (C=O) groups excluding carboxylic acids is 1. The molecule has 0 radical (unpaired) electrons. The Morgan fingerprint density at radius 3 is 2.95 bits per heavy atom. The molecular formula is C14H16BrFN2O3. The molecular weight excluding hydrogens is 343 g/mol. The molecule has 7 heteroatoms. The average molecular weight is 359 g/mol. The number of halogens is 2. The summed E-state index contributed by atoms with van der Waals surface area (Å²) >= 11 is 3.32. The van der Waals surface area contributed by atoms with E-state index in [-0.39, 0.29) is 24.2 Å². The summed E-state index contributed by atoms with van der Waals surface area (Å²) in [6.07, 6.45) is -0.255. The summed E-state index contributed by atoms with van der Waals surface area (Å²) in [5.74, 6) is -1.66. The van der Waals surface area contributed by atoms with E-state index in [1.54, 1.807) is 6.07 Å². The Bertz CT molecular complexity index is 567. The largest absolute Gasteiger partial charge is 0.481 e. The van der Waals surface area contributed by atoms with Gasteiger partial charge in [-0.05, 0) is 24.6 Å². The molecule has 1 aliphatic rings. The first kappa shape index (κ1) is 15.9. The lowest BCUT2D eigenvalue weighted by Crippen LogP contribution is -2.56. The van der Waals surface area contributed by atoms with Gasteiger partial charge in [0.15, 0.2) is 0 Å². The van der Waals surface area contributed by atoms with E-state index >= 15 is 0 Å². The van der Waals surface area contributed by atoms with Gasteiger partial charge in [-0.25, -0.2) is 4.39 Å². The van der Waals surface area contributed by atoms with Crippen LogP contribution in [0.15, 0.2) is 22.7 Å². The molecule has 1 amide bonds. The number of aliphatic carboxylic acids is 1. The van der Waals surface area contributed by atoms with E-state index in [4.69, 9.17) is 5.11 Å². The van der Waals surface area contributed by atoms with Crippen molar-refractivity contribution in [2.45, 2.75) is 25.4 Å². The molecule has 0 aliphatic carbocycles. The monoisotopic (exact) mass is 358 g/mol. The third-order valence-corrected chi connectivity index (χ3v) is 4.34. The number of rotatable bonds is 4. The van der Waals surface area contributed by atoms with Crippen LogP contribution >= 0.6 is 15.9 Å². The zero-order chi connectivity index (χ0) is 15.6. The maximum Gasteiger partial charge on any atom is 0.305 e. The van der Waals surface area contributed by atoms with Gasteiger partial charge >= 0.3 is 5.97 Å². The lowest BCUT2D eigenvalue weighted by Gasteiger charge is -2.39. The van der Waals surface area contributed by atoms with Gasteiger partial charge in [0.25, 0.3) is 0 Å². The first-order chi connectivity index (χ1) is 9.90. The van der Waals surface area contributed by atoms with Gasteiger partial charge in [0.2, 0.25) is 5.91 Å². The standard InChI is InChI=1S/C14H16BrFN2O3/c1-8(10-3-2-9(16)6-11(10)15)18-5-4-17-14(21)12(18)7-13(19)20/h2-3,6,8,12H,4-5,7H2,1H3,(H,17,21)(H,19,20). The van der Waals surface area contributed by atoms with Gasteiger partial charge in [-0.2, -0.15) is 0 Å². The van der Waals surface area contributed by atoms with E-state index in [2.05, 4.69) is 21.2 Å². The van der Waals surface area contributed by atoms with Gasteiger partial charge < -0.3 is 10.4 Å². The first-order valence-corrected chi connectivity index (χ1v) is 7.39. The predicted octanol–water partition coefficient (Wildman–Crippen LogP) is 1.92. The fourth-order valence-corrected chi connectivity index (χ4v) is 3.27. The molecule has 2 rings (SSSR count). The maximum absolute atomic E-state index is 13.2. The minimum atomic E-state index is -1.02. The highest BCUT2D eigenvalue weighted by atomic mass is 79.9. The van der Waals surface area contributed by atoms with Gasteiger partial charge in [0.1, 0.15) is 11.9 Å². The van der Waals surface area contributed by atoms with Crippen molar-refractivity contribution in [2.24, 2.45) is 0 Å². The van der Waals surface area contributed by atoms with Gasteiger partial charge in [-0.1, -0.05) is 22.0 Å². The summed E-state index contributed by atoms with van der Waals surface area (Å²) in [5, 5.41) is 11.7. The smallest absolute Gasteiger partial charge is 0.305 e. The molecule has 5 nitrogen and oxygen atoms in total. The van der Waals surface area contributed by atoms with Crippen molar-refractivity contribution in [1.29, 1.82) is 0 Å². The molecule has 1 heterocycles. The molecule has 0 saturated carbocycles. The van der Waals surface area contributed by atoms with Crippen molar-refractivity contribution in [1.82, 2.24) is 10.2 Å². The first-order valence-electron chi connectivity index (χ1n) is 6.60. The molecule has 0 aromatic heterocycles. The third-order valence-electron chi connectivity index (χ3n) is 3.65. The van der Waals surface area contributed by atoms with E-state index in [0.717, 1.165) is 5.56 Å². The summed E-state index contributed by atoms with van der Waals surface area (Å²) in [5.41, 5.74) is 0.821. The SMILES string of the molecule is CC(c1ccc(F)cc1Br)N1CCNC(=O)C1CC(=O)O. The third kappa shape index (κ3) is 3.59. The molecule has 0 spiro atoms. The fourth-order valence-electron chi connectivity index (χ4n) is 2.59. The van der Waals surface area contributed by atoms with Crippen LogP contribution in [0.25, 0.3) is 0 Å². The Labute approximate surface area is 130 Å². The van der Waals surface area contributed by atoms with Crippen molar-refractivity contribution in [3.05, 3.63) is 34.1 Å².